The lowest BCUT2D eigenvalue weighted by Crippen LogP contribution is -2.07. The topological polar surface area (TPSA) is 79.6 Å². The number of H-pyrrole nitrogens is 1. The van der Waals surface area contributed by atoms with Crippen molar-refractivity contribution in [2.24, 2.45) is 0 Å². The van der Waals surface area contributed by atoms with Gasteiger partial charge < -0.3 is 16.0 Å². The van der Waals surface area contributed by atoms with E-state index in [9.17, 15) is 0 Å². The first-order valence-corrected chi connectivity index (χ1v) is 7.45. The molecule has 3 rings (SSSR count). The number of fused-ring (bicyclic) bond motifs is 1. The molecule has 0 aliphatic carbocycles. The fourth-order valence-electron chi connectivity index (χ4n) is 2.80. The van der Waals surface area contributed by atoms with Crippen LogP contribution in [0.4, 0.5) is 11.6 Å². The van der Waals surface area contributed by atoms with Crippen LogP contribution in [0.2, 0.25) is 0 Å². The predicted octanol–water partition coefficient (Wildman–Crippen LogP) is 3.12. The molecule has 114 valence electrons. The van der Waals surface area contributed by atoms with Crippen LogP contribution in [0, 0.1) is 20.8 Å². The van der Waals surface area contributed by atoms with Crippen molar-refractivity contribution in [3.63, 3.8) is 0 Å². The van der Waals surface area contributed by atoms with Gasteiger partial charge in [-0.3, -0.25) is 0 Å². The second-order valence-electron chi connectivity index (χ2n) is 5.66. The standard InChI is InChI=1S/C17H21N5/c1-10-4-5-14-13(12(3)22-17(14)11(10)2)6-7-19-16-8-15(18)20-9-21-16/h4-5,8-9,22H,6-7H2,1-3H3,(H3,18,19,20,21). The molecule has 3 aromatic rings. The Morgan fingerprint density at radius 2 is 2.00 bits per heavy atom. The van der Waals surface area contributed by atoms with Gasteiger partial charge in [-0.2, -0.15) is 0 Å². The molecule has 0 bridgehead atoms. The molecule has 0 saturated heterocycles. The van der Waals surface area contributed by atoms with Gasteiger partial charge in [0.25, 0.3) is 0 Å². The first-order chi connectivity index (χ1) is 10.6. The van der Waals surface area contributed by atoms with Gasteiger partial charge in [-0.15, -0.1) is 0 Å². The Morgan fingerprint density at radius 1 is 1.18 bits per heavy atom. The molecule has 0 aliphatic rings. The first-order valence-electron chi connectivity index (χ1n) is 7.45. The van der Waals surface area contributed by atoms with E-state index < -0.39 is 0 Å². The molecule has 1 aromatic carbocycles. The number of aromatic nitrogens is 3. The predicted molar refractivity (Wildman–Crippen MR) is 91.1 cm³/mol. The zero-order valence-electron chi connectivity index (χ0n) is 13.2. The fraction of sp³-hybridized carbons (Fsp3) is 0.294. The van der Waals surface area contributed by atoms with E-state index in [1.54, 1.807) is 6.07 Å². The molecule has 5 heteroatoms. The van der Waals surface area contributed by atoms with Crippen LogP contribution >= 0.6 is 0 Å². The number of nitrogens with zero attached hydrogens (tertiary/aromatic N) is 2. The monoisotopic (exact) mass is 295 g/mol. The number of anilines is 2. The molecule has 0 fully saturated rings. The molecule has 0 radical (unpaired) electrons. The summed E-state index contributed by atoms with van der Waals surface area (Å²) in [5.74, 6) is 1.24. The third-order valence-electron chi connectivity index (χ3n) is 4.20. The molecule has 22 heavy (non-hydrogen) atoms. The number of hydrogen-bond acceptors (Lipinski definition) is 4. The summed E-state index contributed by atoms with van der Waals surface area (Å²) in [6.45, 7) is 7.24. The highest BCUT2D eigenvalue weighted by atomic mass is 15.0. The number of nitrogen functional groups attached to an aromatic ring is 1. The molecule has 5 nitrogen and oxygen atoms in total. The Hall–Kier alpha value is -2.56. The maximum atomic E-state index is 5.66. The lowest BCUT2D eigenvalue weighted by Gasteiger charge is -2.06. The van der Waals surface area contributed by atoms with Crippen LogP contribution in [0.25, 0.3) is 10.9 Å². The highest BCUT2D eigenvalue weighted by molar-refractivity contribution is 5.88. The number of nitrogens with two attached hydrogens (primary N) is 1. The van der Waals surface area contributed by atoms with E-state index in [0.717, 1.165) is 18.8 Å². The van der Waals surface area contributed by atoms with E-state index in [0.29, 0.717) is 5.82 Å². The second kappa shape index (κ2) is 5.67. The normalized spacial score (nSPS) is 11.0. The summed E-state index contributed by atoms with van der Waals surface area (Å²) in [6, 6.07) is 6.14. The van der Waals surface area contributed by atoms with Crippen LogP contribution in [-0.2, 0) is 6.42 Å². The number of benzene rings is 1. The second-order valence-corrected chi connectivity index (χ2v) is 5.66. The molecule has 0 amide bonds. The Kier molecular flexibility index (Phi) is 3.71. The van der Waals surface area contributed by atoms with Crippen molar-refractivity contribution >= 4 is 22.5 Å². The molecule has 0 aliphatic heterocycles. The maximum absolute atomic E-state index is 5.66. The number of rotatable bonds is 4. The summed E-state index contributed by atoms with van der Waals surface area (Å²) >= 11 is 0. The van der Waals surface area contributed by atoms with Crippen LogP contribution in [0.3, 0.4) is 0 Å². The van der Waals surface area contributed by atoms with E-state index in [4.69, 9.17) is 5.73 Å². The van der Waals surface area contributed by atoms with Crippen molar-refractivity contribution in [1.29, 1.82) is 0 Å². The Balaban J connectivity index is 1.79. The molecule has 0 unspecified atom stereocenters. The molecule has 0 saturated carbocycles. The third kappa shape index (κ3) is 2.62. The van der Waals surface area contributed by atoms with Crippen molar-refractivity contribution in [3.05, 3.63) is 46.9 Å². The minimum atomic E-state index is 0.479. The minimum Gasteiger partial charge on any atom is -0.384 e. The lowest BCUT2D eigenvalue weighted by molar-refractivity contribution is 0.993. The van der Waals surface area contributed by atoms with Crippen molar-refractivity contribution in [3.8, 4) is 0 Å². The summed E-state index contributed by atoms with van der Waals surface area (Å²) in [7, 11) is 0. The SMILES string of the molecule is Cc1ccc2c(CCNc3cc(N)ncn3)c(C)[nH]c2c1C. The molecule has 0 atom stereocenters. The van der Waals surface area contributed by atoms with Crippen molar-refractivity contribution < 1.29 is 0 Å². The fourth-order valence-corrected chi connectivity index (χ4v) is 2.80. The number of aromatic amines is 1. The van der Waals surface area contributed by atoms with Crippen molar-refractivity contribution in [2.75, 3.05) is 17.6 Å². The molecule has 2 aromatic heterocycles. The lowest BCUT2D eigenvalue weighted by atomic mass is 10.0. The largest absolute Gasteiger partial charge is 0.384 e. The van der Waals surface area contributed by atoms with Gasteiger partial charge in [0.15, 0.2) is 0 Å². The van der Waals surface area contributed by atoms with Crippen molar-refractivity contribution in [2.45, 2.75) is 27.2 Å². The summed E-state index contributed by atoms with van der Waals surface area (Å²) in [4.78, 5) is 11.6. The van der Waals surface area contributed by atoms with Crippen molar-refractivity contribution in [1.82, 2.24) is 15.0 Å². The van der Waals surface area contributed by atoms with Gasteiger partial charge in [-0.05, 0) is 43.9 Å². The first kappa shape index (κ1) is 14.4. The van der Waals surface area contributed by atoms with E-state index in [2.05, 4.69) is 53.2 Å². The molecular formula is C17H21N5. The van der Waals surface area contributed by atoms with Gasteiger partial charge in [-0.1, -0.05) is 12.1 Å². The Labute approximate surface area is 130 Å². The average Bonchev–Trinajstić information content (AvgIpc) is 2.80. The van der Waals surface area contributed by atoms with Gasteiger partial charge in [0.05, 0.1) is 0 Å². The smallest absolute Gasteiger partial charge is 0.131 e. The summed E-state index contributed by atoms with van der Waals surface area (Å²) < 4.78 is 0. The van der Waals surface area contributed by atoms with Crippen LogP contribution in [0.15, 0.2) is 24.5 Å². The average molecular weight is 295 g/mol. The highest BCUT2D eigenvalue weighted by Gasteiger charge is 2.11. The minimum absolute atomic E-state index is 0.479. The van der Waals surface area contributed by atoms with Crippen LogP contribution < -0.4 is 11.1 Å². The van der Waals surface area contributed by atoms with Crippen LogP contribution in [-0.4, -0.2) is 21.5 Å². The van der Waals surface area contributed by atoms with Gasteiger partial charge in [0.1, 0.15) is 18.0 Å². The van der Waals surface area contributed by atoms with Gasteiger partial charge in [0, 0.05) is 29.2 Å². The number of hydrogen-bond donors (Lipinski definition) is 3. The van der Waals surface area contributed by atoms with Crippen LogP contribution in [0.5, 0.6) is 0 Å². The van der Waals surface area contributed by atoms with E-state index in [1.807, 2.05) is 0 Å². The zero-order chi connectivity index (χ0) is 15.7. The van der Waals surface area contributed by atoms with Crippen LogP contribution in [0.1, 0.15) is 22.4 Å². The Bertz CT molecular complexity index is 819. The van der Waals surface area contributed by atoms with Gasteiger partial charge in [-0.25, -0.2) is 9.97 Å². The van der Waals surface area contributed by atoms with E-state index in [1.165, 1.54) is 39.6 Å². The van der Waals surface area contributed by atoms with E-state index >= 15 is 0 Å². The maximum Gasteiger partial charge on any atom is 0.131 e. The number of aryl methyl sites for hydroxylation is 3. The van der Waals surface area contributed by atoms with Gasteiger partial charge >= 0.3 is 0 Å². The summed E-state index contributed by atoms with van der Waals surface area (Å²) in [6.07, 6.45) is 2.40. The summed E-state index contributed by atoms with van der Waals surface area (Å²) in [5, 5.41) is 4.61. The van der Waals surface area contributed by atoms with E-state index in [-0.39, 0.29) is 0 Å². The molecule has 2 heterocycles. The number of nitrogens with one attached hydrogen (secondary N) is 2. The quantitative estimate of drug-likeness (QED) is 0.691. The highest BCUT2D eigenvalue weighted by Crippen LogP contribution is 2.27. The molecule has 4 N–H and O–H groups in total. The molecule has 0 spiro atoms. The summed E-state index contributed by atoms with van der Waals surface area (Å²) in [5.41, 5.74) is 12.1. The molecular weight excluding hydrogens is 274 g/mol. The third-order valence-corrected chi connectivity index (χ3v) is 4.20. The Morgan fingerprint density at radius 3 is 2.77 bits per heavy atom. The van der Waals surface area contributed by atoms with Gasteiger partial charge in [0.2, 0.25) is 0 Å². The zero-order valence-corrected chi connectivity index (χ0v) is 13.2.